The number of ether oxygens (including phenoxy) is 2. The van der Waals surface area contributed by atoms with Crippen molar-refractivity contribution in [2.45, 2.75) is 45.1 Å². The minimum atomic E-state index is -1.17. The van der Waals surface area contributed by atoms with Crippen molar-refractivity contribution < 1.29 is 24.2 Å². The molecule has 1 aromatic carbocycles. The number of carbonyl (C=O) groups excluding carboxylic acids is 1. The molecule has 0 radical (unpaired) electrons. The second-order valence-electron chi connectivity index (χ2n) is 5.76. The van der Waals surface area contributed by atoms with Crippen molar-refractivity contribution in [1.29, 1.82) is 0 Å². The summed E-state index contributed by atoms with van der Waals surface area (Å²) in [4.78, 5) is 23.9. The van der Waals surface area contributed by atoms with Crippen LogP contribution in [-0.2, 0) is 4.79 Å². The highest BCUT2D eigenvalue weighted by atomic mass is 35.5. The topological polar surface area (TPSA) is 84.9 Å². The molecule has 1 amide bonds. The average Bonchev–Trinajstić information content (AvgIpc) is 2.49. The van der Waals surface area contributed by atoms with E-state index in [1.807, 2.05) is 13.8 Å². The molecule has 0 atom stereocenters. The molecule has 7 heteroatoms. The van der Waals surface area contributed by atoms with Gasteiger partial charge in [-0.25, -0.2) is 4.79 Å². The fraction of sp³-hybridized carbons (Fsp3) is 0.529. The van der Waals surface area contributed by atoms with Crippen LogP contribution in [-0.4, -0.2) is 35.7 Å². The number of benzene rings is 1. The Balaban J connectivity index is 2.26. The summed E-state index contributed by atoms with van der Waals surface area (Å²) in [5.74, 6) is -0.724. The van der Waals surface area contributed by atoms with Gasteiger partial charge in [0.05, 0.1) is 18.2 Å². The van der Waals surface area contributed by atoms with E-state index in [-0.39, 0.29) is 10.6 Å². The second kappa shape index (κ2) is 7.75. The van der Waals surface area contributed by atoms with Crippen molar-refractivity contribution >= 4 is 23.5 Å². The molecule has 2 rings (SSSR count). The molecule has 132 valence electrons. The van der Waals surface area contributed by atoms with Crippen LogP contribution in [0.2, 0.25) is 5.02 Å². The molecule has 0 aromatic heterocycles. The van der Waals surface area contributed by atoms with Crippen LogP contribution >= 0.6 is 11.6 Å². The number of carbonyl (C=O) groups is 2. The van der Waals surface area contributed by atoms with Crippen LogP contribution < -0.4 is 14.8 Å². The Hall–Kier alpha value is -1.95. The zero-order valence-corrected chi connectivity index (χ0v) is 14.6. The SMILES string of the molecule is CCCOc1c(Cl)cc(C(=O)NC2(C(=O)O)CCC2)cc1OCC. The van der Waals surface area contributed by atoms with E-state index >= 15 is 0 Å². The highest BCUT2D eigenvalue weighted by molar-refractivity contribution is 6.32. The molecule has 1 aliphatic carbocycles. The summed E-state index contributed by atoms with van der Waals surface area (Å²) in [6.07, 6.45) is 2.45. The third-order valence-electron chi connectivity index (χ3n) is 3.99. The van der Waals surface area contributed by atoms with Crippen molar-refractivity contribution in [3.63, 3.8) is 0 Å². The molecule has 0 aliphatic heterocycles. The standard InChI is InChI=1S/C17H22ClNO5/c1-3-8-24-14-12(18)9-11(10-13(14)23-4-2)15(20)19-17(16(21)22)6-5-7-17/h9-10H,3-8H2,1-2H3,(H,19,20)(H,21,22). The maximum absolute atomic E-state index is 12.5. The number of carboxylic acid groups (broad SMARTS) is 1. The zero-order chi connectivity index (χ0) is 17.7. The highest BCUT2D eigenvalue weighted by Crippen LogP contribution is 2.38. The van der Waals surface area contributed by atoms with Gasteiger partial charge in [0.1, 0.15) is 5.54 Å². The van der Waals surface area contributed by atoms with Gasteiger partial charge in [-0.3, -0.25) is 4.79 Å². The second-order valence-corrected chi connectivity index (χ2v) is 6.17. The maximum Gasteiger partial charge on any atom is 0.329 e. The van der Waals surface area contributed by atoms with Gasteiger partial charge in [0.15, 0.2) is 11.5 Å². The summed E-state index contributed by atoms with van der Waals surface area (Å²) >= 11 is 6.23. The van der Waals surface area contributed by atoms with Crippen molar-refractivity contribution in [2.24, 2.45) is 0 Å². The van der Waals surface area contributed by atoms with Gasteiger partial charge in [-0.1, -0.05) is 18.5 Å². The number of amides is 1. The first-order chi connectivity index (χ1) is 11.4. The molecule has 0 heterocycles. The van der Waals surface area contributed by atoms with E-state index in [2.05, 4.69) is 5.32 Å². The zero-order valence-electron chi connectivity index (χ0n) is 13.9. The van der Waals surface area contributed by atoms with Gasteiger partial charge < -0.3 is 19.9 Å². The van der Waals surface area contributed by atoms with E-state index in [0.29, 0.717) is 37.6 Å². The number of nitrogens with one attached hydrogen (secondary N) is 1. The maximum atomic E-state index is 12.5. The summed E-state index contributed by atoms with van der Waals surface area (Å²) in [5, 5.41) is 12.2. The number of rotatable bonds is 8. The predicted octanol–water partition coefficient (Wildman–Crippen LogP) is 3.26. The smallest absolute Gasteiger partial charge is 0.329 e. The number of aliphatic carboxylic acids is 1. The number of hydrogen-bond donors (Lipinski definition) is 2. The van der Waals surface area contributed by atoms with E-state index in [0.717, 1.165) is 12.8 Å². The molecule has 0 saturated heterocycles. The van der Waals surface area contributed by atoms with Crippen molar-refractivity contribution in [1.82, 2.24) is 5.32 Å². The predicted molar refractivity (Wildman–Crippen MR) is 90.1 cm³/mol. The van der Waals surface area contributed by atoms with E-state index < -0.39 is 17.4 Å². The van der Waals surface area contributed by atoms with Crippen molar-refractivity contribution in [2.75, 3.05) is 13.2 Å². The lowest BCUT2D eigenvalue weighted by Gasteiger charge is -2.38. The Bertz CT molecular complexity index is 628. The van der Waals surface area contributed by atoms with Gasteiger partial charge in [0.25, 0.3) is 5.91 Å². The van der Waals surface area contributed by atoms with Gasteiger partial charge in [-0.2, -0.15) is 0 Å². The molecule has 1 aromatic rings. The van der Waals surface area contributed by atoms with Crippen LogP contribution in [0.15, 0.2) is 12.1 Å². The average molecular weight is 356 g/mol. The van der Waals surface area contributed by atoms with Crippen molar-refractivity contribution in [3.8, 4) is 11.5 Å². The van der Waals surface area contributed by atoms with Gasteiger partial charge in [0, 0.05) is 5.56 Å². The number of hydrogen-bond acceptors (Lipinski definition) is 4. The van der Waals surface area contributed by atoms with Crippen LogP contribution in [0.25, 0.3) is 0 Å². The first kappa shape index (κ1) is 18.4. The lowest BCUT2D eigenvalue weighted by Crippen LogP contribution is -2.59. The largest absolute Gasteiger partial charge is 0.490 e. The first-order valence-electron chi connectivity index (χ1n) is 8.08. The Kier molecular flexibility index (Phi) is 5.94. The van der Waals surface area contributed by atoms with Crippen LogP contribution in [0.5, 0.6) is 11.5 Å². The molecular weight excluding hydrogens is 334 g/mol. The van der Waals surface area contributed by atoms with E-state index in [1.54, 1.807) is 0 Å². The molecule has 0 bridgehead atoms. The van der Waals surface area contributed by atoms with Crippen LogP contribution in [0, 0.1) is 0 Å². The minimum absolute atomic E-state index is 0.250. The van der Waals surface area contributed by atoms with Gasteiger partial charge in [0.2, 0.25) is 0 Å². The third-order valence-corrected chi connectivity index (χ3v) is 4.27. The molecule has 1 aliphatic rings. The highest BCUT2D eigenvalue weighted by Gasteiger charge is 2.45. The summed E-state index contributed by atoms with van der Waals surface area (Å²) in [6.45, 7) is 4.66. The van der Waals surface area contributed by atoms with Crippen LogP contribution in [0.4, 0.5) is 0 Å². The minimum Gasteiger partial charge on any atom is -0.490 e. The number of carboxylic acids is 1. The summed E-state index contributed by atoms with van der Waals surface area (Å²) in [6, 6.07) is 3.00. The molecule has 6 nitrogen and oxygen atoms in total. The molecule has 24 heavy (non-hydrogen) atoms. The Labute approximate surface area is 146 Å². The normalized spacial score (nSPS) is 15.3. The van der Waals surface area contributed by atoms with Gasteiger partial charge >= 0.3 is 5.97 Å². The molecule has 0 unspecified atom stereocenters. The fourth-order valence-electron chi connectivity index (χ4n) is 2.52. The summed E-state index contributed by atoms with van der Waals surface area (Å²) < 4.78 is 11.1. The van der Waals surface area contributed by atoms with E-state index in [4.69, 9.17) is 21.1 Å². The Morgan fingerprint density at radius 2 is 2.00 bits per heavy atom. The third kappa shape index (κ3) is 3.75. The fourth-order valence-corrected chi connectivity index (χ4v) is 2.78. The van der Waals surface area contributed by atoms with Crippen LogP contribution in [0.1, 0.15) is 49.9 Å². The van der Waals surface area contributed by atoms with Crippen LogP contribution in [0.3, 0.4) is 0 Å². The quantitative estimate of drug-likeness (QED) is 0.747. The first-order valence-corrected chi connectivity index (χ1v) is 8.46. The molecule has 1 saturated carbocycles. The van der Waals surface area contributed by atoms with Gasteiger partial charge in [-0.05, 0) is 44.7 Å². The molecule has 2 N–H and O–H groups in total. The lowest BCUT2D eigenvalue weighted by molar-refractivity contribution is -0.148. The number of halogens is 1. The Morgan fingerprint density at radius 3 is 2.50 bits per heavy atom. The monoisotopic (exact) mass is 355 g/mol. The summed E-state index contributed by atoms with van der Waals surface area (Å²) in [5.41, 5.74) is -0.924. The molecule has 1 fully saturated rings. The Morgan fingerprint density at radius 1 is 1.29 bits per heavy atom. The summed E-state index contributed by atoms with van der Waals surface area (Å²) in [7, 11) is 0. The van der Waals surface area contributed by atoms with Gasteiger partial charge in [-0.15, -0.1) is 0 Å². The van der Waals surface area contributed by atoms with E-state index in [1.165, 1.54) is 12.1 Å². The molecule has 0 spiro atoms. The van der Waals surface area contributed by atoms with Crippen molar-refractivity contribution in [3.05, 3.63) is 22.7 Å². The lowest BCUT2D eigenvalue weighted by atomic mass is 9.76. The molecular formula is C17H22ClNO5. The van der Waals surface area contributed by atoms with E-state index in [9.17, 15) is 14.7 Å².